The van der Waals surface area contributed by atoms with Crippen molar-refractivity contribution in [2.75, 3.05) is 0 Å². The van der Waals surface area contributed by atoms with Crippen LogP contribution in [0.5, 0.6) is 23.0 Å². The van der Waals surface area contributed by atoms with Gasteiger partial charge in [-0.25, -0.2) is 37.5 Å². The Balaban J connectivity index is 0.000000166. The van der Waals surface area contributed by atoms with Gasteiger partial charge in [0.2, 0.25) is 5.28 Å². The summed E-state index contributed by atoms with van der Waals surface area (Å²) in [4.78, 5) is 25.5. The maximum absolute atomic E-state index is 13.3. The molecule has 0 radical (unpaired) electrons. The van der Waals surface area contributed by atoms with Crippen LogP contribution in [0.1, 0.15) is 0 Å². The van der Waals surface area contributed by atoms with Crippen LogP contribution in [0.4, 0.5) is 17.6 Å². The number of phenolic OH excluding ortho intramolecular Hbond substituents is 4. The third-order valence-corrected chi connectivity index (χ3v) is 7.87. The van der Waals surface area contributed by atoms with Crippen LogP contribution in [-0.4, -0.2) is 50.3 Å². The van der Waals surface area contributed by atoms with Crippen LogP contribution in [0, 0.1) is 23.3 Å². The van der Waals surface area contributed by atoms with Gasteiger partial charge < -0.3 is 20.4 Å². The summed E-state index contributed by atoms with van der Waals surface area (Å²) in [6.45, 7) is 0. The number of benzene rings is 6. The third kappa shape index (κ3) is 10.6. The predicted octanol–water partition coefficient (Wildman–Crippen LogP) is 9.80. The Hall–Kier alpha value is -7.45. The number of aromatic hydroxyl groups is 4. The molecule has 0 aliphatic rings. The number of rotatable bonds is 5. The first-order chi connectivity index (χ1) is 27.4. The summed E-state index contributed by atoms with van der Waals surface area (Å²) in [7, 11) is 0. The lowest BCUT2D eigenvalue weighted by Gasteiger charge is -2.09. The number of aromatic nitrogens is 6. The zero-order valence-electron chi connectivity index (χ0n) is 29.1. The highest BCUT2D eigenvalue weighted by Gasteiger charge is 2.15. The Morgan fingerprint density at radius 2 is 0.667 bits per heavy atom. The minimum atomic E-state index is -0.395. The monoisotopic (exact) mass is 790 g/mol. The van der Waals surface area contributed by atoms with Crippen molar-refractivity contribution in [1.29, 1.82) is 0 Å². The molecule has 0 bridgehead atoms. The molecule has 284 valence electrons. The predicted molar refractivity (Wildman–Crippen MR) is 205 cm³/mol. The molecular weight excluding hydrogens is 764 g/mol. The van der Waals surface area contributed by atoms with Crippen molar-refractivity contribution in [2.45, 2.75) is 0 Å². The Morgan fingerprint density at radius 1 is 0.351 bits per heavy atom. The molecule has 0 spiro atoms. The van der Waals surface area contributed by atoms with E-state index in [2.05, 4.69) is 29.9 Å². The van der Waals surface area contributed by atoms with Gasteiger partial charge in [0.05, 0.1) is 5.56 Å². The number of hydrogen-bond donors (Lipinski definition) is 4. The van der Waals surface area contributed by atoms with Crippen molar-refractivity contribution in [3.8, 4) is 79.9 Å². The Labute approximate surface area is 326 Å². The van der Waals surface area contributed by atoms with Gasteiger partial charge in [0.25, 0.3) is 0 Å². The number of nitrogens with zero attached hydrogens (tertiary/aromatic N) is 6. The molecule has 57 heavy (non-hydrogen) atoms. The van der Waals surface area contributed by atoms with E-state index in [-0.39, 0.29) is 63.0 Å². The molecule has 2 aromatic heterocycles. The van der Waals surface area contributed by atoms with Gasteiger partial charge in [0.1, 0.15) is 46.3 Å². The van der Waals surface area contributed by atoms with E-state index in [0.717, 1.165) is 0 Å². The summed E-state index contributed by atoms with van der Waals surface area (Å²) in [5.74, 6) is -0.288. The summed E-state index contributed by atoms with van der Waals surface area (Å²) in [6, 6.07) is 32.6. The smallest absolute Gasteiger partial charge is 0.226 e. The van der Waals surface area contributed by atoms with E-state index in [1.54, 1.807) is 30.3 Å². The van der Waals surface area contributed by atoms with Crippen molar-refractivity contribution >= 4 is 11.6 Å². The summed E-state index contributed by atoms with van der Waals surface area (Å²) in [5, 5.41) is 37.0. The van der Waals surface area contributed by atoms with E-state index >= 15 is 0 Å². The van der Waals surface area contributed by atoms with Gasteiger partial charge in [-0.05, 0) is 133 Å². The molecule has 8 aromatic rings. The van der Waals surface area contributed by atoms with Crippen molar-refractivity contribution in [2.24, 2.45) is 0 Å². The summed E-state index contributed by atoms with van der Waals surface area (Å²) in [5.41, 5.74) is 2.61. The van der Waals surface area contributed by atoms with Crippen molar-refractivity contribution < 1.29 is 38.0 Å². The van der Waals surface area contributed by atoms with Gasteiger partial charge in [0, 0.05) is 34.4 Å². The molecule has 0 unspecified atom stereocenters. The molecule has 4 N–H and O–H groups in total. The molecule has 0 saturated carbocycles. The molecule has 0 atom stereocenters. The highest BCUT2D eigenvalue weighted by molar-refractivity contribution is 6.28. The fourth-order valence-electron chi connectivity index (χ4n) is 4.96. The number of halogens is 5. The highest BCUT2D eigenvalue weighted by atomic mass is 35.5. The molecule has 2 heterocycles. The molecule has 8 rings (SSSR count). The number of hydrogen-bond acceptors (Lipinski definition) is 10. The second kappa shape index (κ2) is 17.8. The molecule has 0 saturated heterocycles. The van der Waals surface area contributed by atoms with Crippen LogP contribution in [0.15, 0.2) is 140 Å². The quantitative estimate of drug-likeness (QED) is 0.124. The average molecular weight is 791 g/mol. The first kappa shape index (κ1) is 39.2. The summed E-state index contributed by atoms with van der Waals surface area (Å²) < 4.78 is 52.4. The third-order valence-electron chi connectivity index (χ3n) is 7.71. The van der Waals surface area contributed by atoms with Gasteiger partial charge in [0.15, 0.2) is 29.1 Å². The average Bonchev–Trinajstić information content (AvgIpc) is 3.19. The number of phenols is 4. The zero-order chi connectivity index (χ0) is 40.5. The van der Waals surface area contributed by atoms with Gasteiger partial charge >= 0.3 is 0 Å². The second-order valence-electron chi connectivity index (χ2n) is 11.8. The van der Waals surface area contributed by atoms with Crippen LogP contribution in [0.3, 0.4) is 0 Å². The lowest BCUT2D eigenvalue weighted by molar-refractivity contribution is 0.450. The van der Waals surface area contributed by atoms with E-state index in [1.807, 2.05) is 0 Å². The van der Waals surface area contributed by atoms with Gasteiger partial charge in [-0.15, -0.1) is 0 Å². The SMILES string of the molecule is Fc1ccc(-c2nc(Cl)nc(-c3ccc(F)cc3)n2)cc1.Oc1ccc(-c2nc(-c3ccc(F)cc3)nc(-c3ccc(F)cc3)n2)c(O)c1.Oc1cccc(O)c1. The molecule has 0 fully saturated rings. The molecular formula is C42H27ClF4N6O4. The molecule has 0 aliphatic carbocycles. The zero-order valence-corrected chi connectivity index (χ0v) is 29.9. The van der Waals surface area contributed by atoms with Crippen LogP contribution in [0.2, 0.25) is 5.28 Å². The van der Waals surface area contributed by atoms with Crippen molar-refractivity contribution in [3.63, 3.8) is 0 Å². The first-order valence-corrected chi connectivity index (χ1v) is 17.0. The van der Waals surface area contributed by atoms with Crippen LogP contribution >= 0.6 is 11.6 Å². The topological polar surface area (TPSA) is 158 Å². The lowest BCUT2D eigenvalue weighted by Crippen LogP contribution is -2.00. The van der Waals surface area contributed by atoms with Crippen LogP contribution < -0.4 is 0 Å². The molecule has 0 amide bonds. The van der Waals surface area contributed by atoms with E-state index in [1.165, 1.54) is 109 Å². The van der Waals surface area contributed by atoms with Gasteiger partial charge in [-0.2, -0.15) is 9.97 Å². The van der Waals surface area contributed by atoms with E-state index in [4.69, 9.17) is 21.8 Å². The normalized spacial score (nSPS) is 10.5. The molecule has 6 aromatic carbocycles. The fraction of sp³-hybridized carbons (Fsp3) is 0. The standard InChI is InChI=1S/C21H13F2N3O2.C15H8ClF2N3.C6H6O2/c22-14-5-1-12(2-6-14)19-24-20(13-3-7-15(23)8-4-13)26-21(25-19)17-10-9-16(27)11-18(17)28;16-15-20-13(9-1-5-11(17)6-2-9)19-14(21-15)10-3-7-12(18)8-4-10;7-5-2-1-3-6(8)4-5/h1-11,27-28H;1-8H;1-4,7-8H. The van der Waals surface area contributed by atoms with Crippen molar-refractivity contribution in [3.05, 3.63) is 168 Å². The summed E-state index contributed by atoms with van der Waals surface area (Å²) in [6.07, 6.45) is 0. The van der Waals surface area contributed by atoms with Crippen LogP contribution in [0.25, 0.3) is 56.9 Å². The first-order valence-electron chi connectivity index (χ1n) is 16.6. The fourth-order valence-corrected chi connectivity index (χ4v) is 5.12. The minimum absolute atomic E-state index is 0.0173. The maximum atomic E-state index is 13.3. The molecule has 10 nitrogen and oxygen atoms in total. The van der Waals surface area contributed by atoms with Gasteiger partial charge in [-0.3, -0.25) is 0 Å². The summed E-state index contributed by atoms with van der Waals surface area (Å²) >= 11 is 5.90. The second-order valence-corrected chi connectivity index (χ2v) is 12.1. The molecule has 0 aliphatic heterocycles. The van der Waals surface area contributed by atoms with E-state index < -0.39 is 11.6 Å². The van der Waals surface area contributed by atoms with Crippen molar-refractivity contribution in [1.82, 2.24) is 29.9 Å². The molecule has 15 heteroatoms. The van der Waals surface area contributed by atoms with Crippen LogP contribution in [-0.2, 0) is 0 Å². The maximum Gasteiger partial charge on any atom is 0.226 e. The minimum Gasteiger partial charge on any atom is -0.508 e. The van der Waals surface area contributed by atoms with E-state index in [0.29, 0.717) is 33.9 Å². The van der Waals surface area contributed by atoms with Gasteiger partial charge in [-0.1, -0.05) is 6.07 Å². The Kier molecular flexibility index (Phi) is 12.3. The lowest BCUT2D eigenvalue weighted by atomic mass is 10.1. The highest BCUT2D eigenvalue weighted by Crippen LogP contribution is 2.32. The largest absolute Gasteiger partial charge is 0.508 e. The Morgan fingerprint density at radius 3 is 0.982 bits per heavy atom. The Bertz CT molecular complexity index is 2480. The van der Waals surface area contributed by atoms with E-state index in [9.17, 15) is 27.8 Å².